The van der Waals surface area contributed by atoms with Crippen molar-refractivity contribution in [1.82, 2.24) is 15.1 Å². The maximum atomic E-state index is 13.3. The van der Waals surface area contributed by atoms with Crippen molar-refractivity contribution in [2.45, 2.75) is 6.04 Å². The highest BCUT2D eigenvalue weighted by Crippen LogP contribution is 2.26. The summed E-state index contributed by atoms with van der Waals surface area (Å²) in [5, 5.41) is 8.87. The van der Waals surface area contributed by atoms with E-state index in [9.17, 15) is 14.0 Å². The van der Waals surface area contributed by atoms with Gasteiger partial charge in [-0.05, 0) is 59.5 Å². The number of ether oxygens (including phenoxy) is 1. The highest BCUT2D eigenvalue weighted by Gasteiger charge is 2.19. The number of benzene rings is 2. The average molecular weight is 435 g/mol. The predicted molar refractivity (Wildman–Crippen MR) is 115 cm³/mol. The first-order valence-corrected chi connectivity index (χ1v) is 10.3. The first-order valence-electron chi connectivity index (χ1n) is 9.45. The zero-order valence-electron chi connectivity index (χ0n) is 16.3. The van der Waals surface area contributed by atoms with Crippen LogP contribution in [0.15, 0.2) is 84.5 Å². The van der Waals surface area contributed by atoms with Gasteiger partial charge in [0.2, 0.25) is 0 Å². The van der Waals surface area contributed by atoms with E-state index in [0.29, 0.717) is 5.56 Å². The Morgan fingerprint density at radius 2 is 1.84 bits per heavy atom. The molecule has 0 saturated heterocycles. The van der Waals surface area contributed by atoms with Gasteiger partial charge in [-0.15, -0.1) is 11.3 Å². The largest absolute Gasteiger partial charge is 0.452 e. The molecule has 0 saturated carbocycles. The van der Waals surface area contributed by atoms with E-state index in [4.69, 9.17) is 4.74 Å². The minimum Gasteiger partial charge on any atom is -0.452 e. The molecule has 156 valence electrons. The van der Waals surface area contributed by atoms with Crippen molar-refractivity contribution in [1.29, 1.82) is 0 Å². The summed E-state index contributed by atoms with van der Waals surface area (Å²) < 4.78 is 20.1. The molecular weight excluding hydrogens is 417 g/mol. The minimum atomic E-state index is -0.600. The lowest BCUT2D eigenvalue weighted by molar-refractivity contribution is -0.124. The summed E-state index contributed by atoms with van der Waals surface area (Å²) in [7, 11) is 0. The van der Waals surface area contributed by atoms with Crippen molar-refractivity contribution in [3.63, 3.8) is 0 Å². The predicted octanol–water partition coefficient (Wildman–Crippen LogP) is 4.14. The molecule has 6 nitrogen and oxygen atoms in total. The van der Waals surface area contributed by atoms with Crippen LogP contribution in [0.3, 0.4) is 0 Å². The molecule has 2 aromatic carbocycles. The molecule has 0 aliphatic rings. The minimum absolute atomic E-state index is 0.331. The van der Waals surface area contributed by atoms with Crippen molar-refractivity contribution in [3.8, 4) is 5.69 Å². The number of hydrogen-bond donors (Lipinski definition) is 1. The van der Waals surface area contributed by atoms with Gasteiger partial charge in [-0.2, -0.15) is 5.10 Å². The third-order valence-corrected chi connectivity index (χ3v) is 5.48. The number of amides is 1. The Balaban J connectivity index is 1.38. The fourth-order valence-electron chi connectivity index (χ4n) is 3.02. The van der Waals surface area contributed by atoms with Gasteiger partial charge >= 0.3 is 5.97 Å². The van der Waals surface area contributed by atoms with Gasteiger partial charge in [0.05, 0.1) is 17.3 Å². The maximum Gasteiger partial charge on any atom is 0.338 e. The fourth-order valence-corrected chi connectivity index (χ4v) is 3.82. The summed E-state index contributed by atoms with van der Waals surface area (Å²) in [6.45, 7) is -0.428. The van der Waals surface area contributed by atoms with Gasteiger partial charge in [-0.1, -0.05) is 18.2 Å². The van der Waals surface area contributed by atoms with Crippen LogP contribution in [0.5, 0.6) is 0 Å². The number of carbonyl (C=O) groups excluding carboxylic acids is 2. The Hall–Kier alpha value is -3.78. The van der Waals surface area contributed by atoms with Crippen LogP contribution >= 0.6 is 11.3 Å². The lowest BCUT2D eigenvalue weighted by atomic mass is 10.1. The van der Waals surface area contributed by atoms with Gasteiger partial charge < -0.3 is 10.1 Å². The van der Waals surface area contributed by atoms with Gasteiger partial charge in [0.25, 0.3) is 5.91 Å². The first-order chi connectivity index (χ1) is 15.1. The number of thiophene rings is 1. The molecule has 2 heterocycles. The molecular formula is C23H18FN3O3S. The molecule has 4 rings (SSSR count). The van der Waals surface area contributed by atoms with Crippen molar-refractivity contribution in [3.05, 3.63) is 106 Å². The molecule has 0 aliphatic heterocycles. The molecule has 1 atom stereocenters. The molecule has 2 aromatic heterocycles. The second kappa shape index (κ2) is 9.36. The fraction of sp³-hybridized carbons (Fsp3) is 0.0870. The van der Waals surface area contributed by atoms with E-state index in [1.807, 2.05) is 17.5 Å². The van der Waals surface area contributed by atoms with Crippen LogP contribution in [0.1, 0.15) is 26.8 Å². The van der Waals surface area contributed by atoms with Gasteiger partial charge in [0.15, 0.2) is 6.61 Å². The molecule has 1 N–H and O–H groups in total. The highest BCUT2D eigenvalue weighted by molar-refractivity contribution is 7.10. The smallest absolute Gasteiger partial charge is 0.338 e. The number of nitrogens with zero attached hydrogens (tertiary/aromatic N) is 2. The molecule has 0 aliphatic carbocycles. The number of carbonyl (C=O) groups is 2. The monoisotopic (exact) mass is 435 g/mol. The standard InChI is InChI=1S/C23H18FN3O3S/c24-18-8-4-16(5-9-18)22(20-3-1-14-31-20)26-21(28)15-30-23(29)17-6-10-19(11-7-17)27-13-2-12-25-27/h1-14,22H,15H2,(H,26,28). The average Bonchev–Trinajstić information content (AvgIpc) is 3.51. The van der Waals surface area contributed by atoms with Crippen molar-refractivity contribution in [2.24, 2.45) is 0 Å². The number of hydrogen-bond acceptors (Lipinski definition) is 5. The topological polar surface area (TPSA) is 73.2 Å². The highest BCUT2D eigenvalue weighted by atomic mass is 32.1. The molecule has 1 amide bonds. The summed E-state index contributed by atoms with van der Waals surface area (Å²) in [6, 6.07) is 17.7. The molecule has 31 heavy (non-hydrogen) atoms. The lowest BCUT2D eigenvalue weighted by Gasteiger charge is -2.18. The Morgan fingerprint density at radius 1 is 1.06 bits per heavy atom. The van der Waals surface area contributed by atoms with Crippen molar-refractivity contribution < 1.29 is 18.7 Å². The Morgan fingerprint density at radius 3 is 2.48 bits per heavy atom. The Bertz CT molecular complexity index is 1140. The SMILES string of the molecule is O=C(COC(=O)c1ccc(-n2cccn2)cc1)NC(c1ccc(F)cc1)c1cccs1. The number of aromatic nitrogens is 2. The number of nitrogens with one attached hydrogen (secondary N) is 1. The first kappa shape index (κ1) is 20.5. The van der Waals surface area contributed by atoms with Gasteiger partial charge in [0, 0.05) is 17.3 Å². The summed E-state index contributed by atoms with van der Waals surface area (Å²) in [5.74, 6) is -1.41. The van der Waals surface area contributed by atoms with E-state index in [1.54, 1.807) is 59.5 Å². The molecule has 0 radical (unpaired) electrons. The van der Waals surface area contributed by atoms with Crippen LogP contribution in [-0.4, -0.2) is 28.3 Å². The second-order valence-electron chi connectivity index (χ2n) is 6.64. The summed E-state index contributed by atoms with van der Waals surface area (Å²) >= 11 is 1.47. The Kier molecular flexibility index (Phi) is 6.18. The quantitative estimate of drug-likeness (QED) is 0.443. The van der Waals surface area contributed by atoms with Crippen LogP contribution in [0.4, 0.5) is 4.39 Å². The van der Waals surface area contributed by atoms with Crippen LogP contribution in [0.2, 0.25) is 0 Å². The van der Waals surface area contributed by atoms with E-state index in [0.717, 1.165) is 16.1 Å². The van der Waals surface area contributed by atoms with Crippen molar-refractivity contribution >= 4 is 23.2 Å². The van der Waals surface area contributed by atoms with E-state index in [1.165, 1.54) is 23.5 Å². The number of rotatable bonds is 7. The molecule has 0 bridgehead atoms. The van der Waals surface area contributed by atoms with Crippen molar-refractivity contribution in [2.75, 3.05) is 6.61 Å². The van der Waals surface area contributed by atoms with E-state index in [-0.39, 0.29) is 5.82 Å². The van der Waals surface area contributed by atoms with E-state index in [2.05, 4.69) is 10.4 Å². The molecule has 8 heteroatoms. The van der Waals surface area contributed by atoms with E-state index < -0.39 is 24.5 Å². The normalized spacial score (nSPS) is 11.6. The molecule has 1 unspecified atom stereocenters. The maximum absolute atomic E-state index is 13.3. The number of halogens is 1. The summed E-state index contributed by atoms with van der Waals surface area (Å²) in [6.07, 6.45) is 3.46. The zero-order chi connectivity index (χ0) is 21.6. The molecule has 4 aromatic rings. The van der Waals surface area contributed by atoms with Crippen LogP contribution < -0.4 is 5.32 Å². The third kappa shape index (κ3) is 5.04. The molecule has 0 spiro atoms. The summed E-state index contributed by atoms with van der Waals surface area (Å²) in [4.78, 5) is 25.7. The molecule has 0 fully saturated rings. The Labute approximate surface area is 181 Å². The van der Waals surface area contributed by atoms with Crippen LogP contribution in [0, 0.1) is 5.82 Å². The van der Waals surface area contributed by atoms with Gasteiger partial charge in [-0.25, -0.2) is 13.9 Å². The van der Waals surface area contributed by atoms with Gasteiger partial charge in [-0.3, -0.25) is 4.79 Å². The summed E-state index contributed by atoms with van der Waals surface area (Å²) in [5.41, 5.74) is 1.87. The van der Waals surface area contributed by atoms with E-state index >= 15 is 0 Å². The third-order valence-electron chi connectivity index (χ3n) is 4.54. The van der Waals surface area contributed by atoms with Gasteiger partial charge in [0.1, 0.15) is 5.82 Å². The zero-order valence-corrected chi connectivity index (χ0v) is 17.1. The lowest BCUT2D eigenvalue weighted by Crippen LogP contribution is -2.32. The number of esters is 1. The van der Waals surface area contributed by atoms with Crippen LogP contribution in [0.25, 0.3) is 5.69 Å². The van der Waals surface area contributed by atoms with Crippen LogP contribution in [-0.2, 0) is 9.53 Å². The second-order valence-corrected chi connectivity index (χ2v) is 7.62.